The number of anilines is 2. The van der Waals surface area contributed by atoms with Gasteiger partial charge in [-0.15, -0.1) is 0 Å². The number of nitrogens with two attached hydrogens (primary N) is 1. The fourth-order valence-electron chi connectivity index (χ4n) is 2.37. The lowest BCUT2D eigenvalue weighted by Crippen LogP contribution is -2.12. The molecule has 0 saturated heterocycles. The molecule has 2 N–H and O–H groups in total. The molecule has 0 aliphatic rings. The third-order valence-electron chi connectivity index (χ3n) is 3.61. The summed E-state index contributed by atoms with van der Waals surface area (Å²) in [5.74, 6) is 2.23. The Hall–Kier alpha value is -2.48. The van der Waals surface area contributed by atoms with Gasteiger partial charge in [0.15, 0.2) is 22.1 Å². The van der Waals surface area contributed by atoms with Gasteiger partial charge in [-0.3, -0.25) is 0 Å². The van der Waals surface area contributed by atoms with E-state index in [-0.39, 0.29) is 0 Å². The van der Waals surface area contributed by atoms with Crippen LogP contribution in [0.3, 0.4) is 0 Å². The molecule has 0 bridgehead atoms. The van der Waals surface area contributed by atoms with Crippen molar-refractivity contribution in [2.75, 3.05) is 31.8 Å². The van der Waals surface area contributed by atoms with Crippen LogP contribution in [0.5, 0.6) is 5.75 Å². The fourth-order valence-corrected chi connectivity index (χ4v) is 3.15. The number of hydrogen-bond donors (Lipinski definition) is 1. The van der Waals surface area contributed by atoms with Crippen LogP contribution in [-0.4, -0.2) is 40.7 Å². The molecule has 0 aliphatic heterocycles. The Kier molecular flexibility index (Phi) is 4.48. The first-order chi connectivity index (χ1) is 11.5. The molecule has 24 heavy (non-hydrogen) atoms. The van der Waals surface area contributed by atoms with Crippen molar-refractivity contribution in [3.8, 4) is 5.75 Å². The molecule has 0 spiro atoms. The molecule has 0 saturated carbocycles. The highest BCUT2D eigenvalue weighted by molar-refractivity contribution is 7.98. The maximum Gasteiger partial charge on any atom is 0.191 e. The highest BCUT2D eigenvalue weighted by Gasteiger charge is 2.14. The molecule has 126 valence electrons. The second kappa shape index (κ2) is 6.56. The number of hydrogen-bond acceptors (Lipinski definition) is 7. The number of aryl methyl sites for hydroxylation is 1. The Bertz CT molecular complexity index is 876. The molecule has 8 heteroatoms. The van der Waals surface area contributed by atoms with E-state index in [1.54, 1.807) is 25.2 Å². The standard InChI is InChI=1S/C16H20N6OS/c1-21(2)14-13-15(22(3)9-18-13)20-16(19-14)24-8-10-5-6-12(23-4)11(17)7-10/h5-7,9H,8,17H2,1-4H3. The number of nitrogens with zero attached hydrogens (tertiary/aromatic N) is 5. The van der Waals surface area contributed by atoms with Crippen molar-refractivity contribution in [1.29, 1.82) is 0 Å². The lowest BCUT2D eigenvalue weighted by molar-refractivity contribution is 0.417. The van der Waals surface area contributed by atoms with Gasteiger partial charge in [-0.1, -0.05) is 17.8 Å². The summed E-state index contributed by atoms with van der Waals surface area (Å²) < 4.78 is 7.09. The number of nitrogen functional groups attached to an aromatic ring is 1. The molecule has 0 atom stereocenters. The lowest BCUT2D eigenvalue weighted by Gasteiger charge is -2.13. The van der Waals surface area contributed by atoms with Crippen LogP contribution in [0.4, 0.5) is 11.5 Å². The highest BCUT2D eigenvalue weighted by Crippen LogP contribution is 2.29. The third-order valence-corrected chi connectivity index (χ3v) is 4.52. The number of benzene rings is 1. The quantitative estimate of drug-likeness (QED) is 0.432. The first-order valence-electron chi connectivity index (χ1n) is 7.41. The summed E-state index contributed by atoms with van der Waals surface area (Å²) in [4.78, 5) is 15.6. The molecule has 0 amide bonds. The van der Waals surface area contributed by atoms with E-state index in [2.05, 4.69) is 15.0 Å². The Morgan fingerprint density at radius 3 is 2.75 bits per heavy atom. The third kappa shape index (κ3) is 3.09. The summed E-state index contributed by atoms with van der Waals surface area (Å²) >= 11 is 1.57. The molecule has 0 aliphatic carbocycles. The summed E-state index contributed by atoms with van der Waals surface area (Å²) in [6.45, 7) is 0. The van der Waals surface area contributed by atoms with Crippen LogP contribution in [0.1, 0.15) is 5.56 Å². The van der Waals surface area contributed by atoms with E-state index in [1.807, 2.05) is 48.8 Å². The normalized spacial score (nSPS) is 11.0. The molecular weight excluding hydrogens is 324 g/mol. The van der Waals surface area contributed by atoms with Gasteiger partial charge in [0.05, 0.1) is 19.1 Å². The van der Waals surface area contributed by atoms with Gasteiger partial charge in [0.2, 0.25) is 0 Å². The van der Waals surface area contributed by atoms with Crippen LogP contribution >= 0.6 is 11.8 Å². The van der Waals surface area contributed by atoms with E-state index in [4.69, 9.17) is 10.5 Å². The molecule has 1 aromatic carbocycles. The van der Waals surface area contributed by atoms with Gasteiger partial charge in [0.1, 0.15) is 5.75 Å². The van der Waals surface area contributed by atoms with Gasteiger partial charge in [0.25, 0.3) is 0 Å². The van der Waals surface area contributed by atoms with Gasteiger partial charge in [-0.25, -0.2) is 15.0 Å². The maximum absolute atomic E-state index is 5.96. The predicted molar refractivity (Wildman–Crippen MR) is 97.6 cm³/mol. The van der Waals surface area contributed by atoms with Crippen LogP contribution in [0.15, 0.2) is 29.7 Å². The summed E-state index contributed by atoms with van der Waals surface area (Å²) in [6, 6.07) is 5.79. The first kappa shape index (κ1) is 16.4. The summed E-state index contributed by atoms with van der Waals surface area (Å²) in [5.41, 5.74) is 9.32. The Balaban J connectivity index is 1.87. The average molecular weight is 344 g/mol. The number of aromatic nitrogens is 4. The number of thioether (sulfide) groups is 1. The van der Waals surface area contributed by atoms with Crippen LogP contribution < -0.4 is 15.4 Å². The zero-order valence-electron chi connectivity index (χ0n) is 14.1. The van der Waals surface area contributed by atoms with E-state index >= 15 is 0 Å². The van der Waals surface area contributed by atoms with E-state index in [9.17, 15) is 0 Å². The Labute approximate surface area is 144 Å². The second-order valence-electron chi connectivity index (χ2n) is 5.62. The largest absolute Gasteiger partial charge is 0.495 e. The molecule has 0 fully saturated rings. The summed E-state index contributed by atoms with van der Waals surface area (Å²) in [7, 11) is 7.45. The van der Waals surface area contributed by atoms with Crippen molar-refractivity contribution < 1.29 is 4.74 Å². The predicted octanol–water partition coefficient (Wildman–Crippen LogP) is 2.31. The van der Waals surface area contributed by atoms with Crippen LogP contribution in [-0.2, 0) is 12.8 Å². The number of rotatable bonds is 5. The molecular formula is C16H20N6OS. The van der Waals surface area contributed by atoms with E-state index in [1.165, 1.54) is 0 Å². The van der Waals surface area contributed by atoms with Crippen molar-refractivity contribution >= 4 is 34.4 Å². The van der Waals surface area contributed by atoms with Gasteiger partial charge in [-0.2, -0.15) is 0 Å². The number of ether oxygens (including phenoxy) is 1. The van der Waals surface area contributed by atoms with Crippen LogP contribution in [0.25, 0.3) is 11.2 Å². The lowest BCUT2D eigenvalue weighted by atomic mass is 10.2. The highest BCUT2D eigenvalue weighted by atomic mass is 32.2. The number of methoxy groups -OCH3 is 1. The second-order valence-corrected chi connectivity index (χ2v) is 6.56. The number of imidazole rings is 1. The minimum absolute atomic E-state index is 0.632. The van der Waals surface area contributed by atoms with Crippen LogP contribution in [0.2, 0.25) is 0 Å². The van der Waals surface area contributed by atoms with Crippen molar-refractivity contribution in [2.24, 2.45) is 7.05 Å². The topological polar surface area (TPSA) is 82.1 Å². The zero-order chi connectivity index (χ0) is 17.3. The zero-order valence-corrected chi connectivity index (χ0v) is 15.0. The van der Waals surface area contributed by atoms with E-state index < -0.39 is 0 Å². The monoisotopic (exact) mass is 344 g/mol. The van der Waals surface area contributed by atoms with Crippen molar-refractivity contribution in [3.63, 3.8) is 0 Å². The number of fused-ring (bicyclic) bond motifs is 1. The Morgan fingerprint density at radius 1 is 1.29 bits per heavy atom. The van der Waals surface area contributed by atoms with Gasteiger partial charge in [-0.05, 0) is 17.7 Å². The minimum Gasteiger partial charge on any atom is -0.495 e. The molecule has 2 aromatic heterocycles. The molecule has 3 aromatic rings. The van der Waals surface area contributed by atoms with Crippen molar-refractivity contribution in [2.45, 2.75) is 10.9 Å². The van der Waals surface area contributed by atoms with E-state index in [0.29, 0.717) is 16.6 Å². The van der Waals surface area contributed by atoms with E-state index in [0.717, 1.165) is 28.3 Å². The molecule has 3 rings (SSSR count). The summed E-state index contributed by atoms with van der Waals surface area (Å²) in [5, 5.41) is 0.712. The molecule has 0 radical (unpaired) electrons. The van der Waals surface area contributed by atoms with Gasteiger partial charge < -0.3 is 19.9 Å². The smallest absolute Gasteiger partial charge is 0.191 e. The molecule has 2 heterocycles. The summed E-state index contributed by atoms with van der Waals surface area (Å²) in [6.07, 6.45) is 1.75. The molecule has 7 nitrogen and oxygen atoms in total. The first-order valence-corrected chi connectivity index (χ1v) is 8.39. The minimum atomic E-state index is 0.632. The van der Waals surface area contributed by atoms with Crippen LogP contribution in [0, 0.1) is 0 Å². The van der Waals surface area contributed by atoms with Crippen molar-refractivity contribution in [3.05, 3.63) is 30.1 Å². The molecule has 0 unspecified atom stereocenters. The Morgan fingerprint density at radius 2 is 2.08 bits per heavy atom. The average Bonchev–Trinajstić information content (AvgIpc) is 2.93. The fraction of sp³-hybridized carbons (Fsp3) is 0.312. The maximum atomic E-state index is 5.96. The SMILES string of the molecule is COc1ccc(CSc2nc(N(C)C)c3ncn(C)c3n2)cc1N. The van der Waals surface area contributed by atoms with Crippen molar-refractivity contribution in [1.82, 2.24) is 19.5 Å². The van der Waals surface area contributed by atoms with Gasteiger partial charge in [0, 0.05) is 26.9 Å². The van der Waals surface area contributed by atoms with Gasteiger partial charge >= 0.3 is 0 Å².